The number of nitrogens with zero attached hydrogens (tertiary/aromatic N) is 1. The van der Waals surface area contributed by atoms with Crippen LogP contribution in [0.15, 0.2) is 144 Å². The van der Waals surface area contributed by atoms with Crippen LogP contribution in [0, 0.1) is 0 Å². The number of hydrogen-bond acceptors (Lipinski definition) is 1. The van der Waals surface area contributed by atoms with Gasteiger partial charge in [-0.2, -0.15) is 0 Å². The van der Waals surface area contributed by atoms with E-state index in [1.165, 1.54) is 93.9 Å². The van der Waals surface area contributed by atoms with Crippen LogP contribution in [0.25, 0.3) is 82.8 Å². The number of rotatable bonds is 2. The zero-order chi connectivity index (χ0) is 33.5. The lowest BCUT2D eigenvalue weighted by Crippen LogP contribution is -2.14. The average Bonchev–Trinajstić information content (AvgIpc) is 3.81. The molecule has 2 aliphatic rings. The van der Waals surface area contributed by atoms with Crippen LogP contribution in [0.3, 0.4) is 0 Å². The molecule has 2 heterocycles. The molecular weight excluding hydrogens is 607 g/mol. The van der Waals surface area contributed by atoms with E-state index >= 15 is 0 Å². The Bertz CT molecular complexity index is 2910. The summed E-state index contributed by atoms with van der Waals surface area (Å²) in [6, 6.07) is 51.7. The van der Waals surface area contributed by atoms with Gasteiger partial charge in [-0.3, -0.25) is 0 Å². The normalized spacial score (nSPS) is 15.1. The average molecular weight is 642 g/mol. The molecule has 0 amide bonds. The Balaban J connectivity index is 1.13. The Labute approximate surface area is 291 Å². The molecule has 0 atom stereocenters. The minimum atomic E-state index is -0.151. The van der Waals surface area contributed by atoms with Crippen molar-refractivity contribution >= 4 is 43.7 Å². The van der Waals surface area contributed by atoms with Crippen molar-refractivity contribution in [2.45, 2.75) is 38.5 Å². The summed E-state index contributed by atoms with van der Waals surface area (Å²) in [6.07, 6.45) is 0. The van der Waals surface area contributed by atoms with Gasteiger partial charge in [-0.05, 0) is 98.6 Å². The van der Waals surface area contributed by atoms with Gasteiger partial charge in [0.05, 0.1) is 11.0 Å². The summed E-state index contributed by atoms with van der Waals surface area (Å²) in [5, 5.41) is 4.93. The smallest absolute Gasteiger partial charge is 0.143 e. The highest BCUT2D eigenvalue weighted by atomic mass is 16.3. The number of hydrogen-bond donors (Lipinski definition) is 0. The third kappa shape index (κ3) is 3.48. The number of para-hydroxylation sites is 2. The summed E-state index contributed by atoms with van der Waals surface area (Å²) in [5.41, 5.74) is 18.5. The highest BCUT2D eigenvalue weighted by molar-refractivity contribution is 6.14. The van der Waals surface area contributed by atoms with E-state index in [1.807, 2.05) is 0 Å². The molecule has 2 aromatic heterocycles. The van der Waals surface area contributed by atoms with Gasteiger partial charge >= 0.3 is 0 Å². The molecule has 7 aromatic carbocycles. The van der Waals surface area contributed by atoms with Crippen LogP contribution in [-0.2, 0) is 10.8 Å². The highest BCUT2D eigenvalue weighted by Gasteiger charge is 2.38. The highest BCUT2D eigenvalue weighted by Crippen LogP contribution is 2.54. The molecule has 11 rings (SSSR count). The summed E-state index contributed by atoms with van der Waals surface area (Å²) in [5.74, 6) is 0. The van der Waals surface area contributed by atoms with Crippen LogP contribution in [0.2, 0.25) is 0 Å². The van der Waals surface area contributed by atoms with Crippen molar-refractivity contribution in [2.24, 2.45) is 0 Å². The number of aromatic nitrogens is 1. The summed E-state index contributed by atoms with van der Waals surface area (Å²) < 4.78 is 9.01. The Hall–Kier alpha value is -5.86. The third-order valence-corrected chi connectivity index (χ3v) is 12.0. The molecule has 0 unspecified atom stereocenters. The van der Waals surface area contributed by atoms with Gasteiger partial charge in [0.25, 0.3) is 0 Å². The van der Waals surface area contributed by atoms with E-state index in [0.717, 1.165) is 11.2 Å². The number of benzene rings is 7. The van der Waals surface area contributed by atoms with Gasteiger partial charge in [-0.25, -0.2) is 0 Å². The molecule has 9 aromatic rings. The van der Waals surface area contributed by atoms with E-state index < -0.39 is 0 Å². The van der Waals surface area contributed by atoms with E-state index in [9.17, 15) is 0 Å². The molecule has 0 saturated carbocycles. The summed E-state index contributed by atoms with van der Waals surface area (Å²) in [4.78, 5) is 0. The van der Waals surface area contributed by atoms with Crippen LogP contribution < -0.4 is 0 Å². The van der Waals surface area contributed by atoms with E-state index in [2.05, 4.69) is 172 Å². The second-order valence-electron chi connectivity index (χ2n) is 15.3. The molecule has 0 saturated heterocycles. The van der Waals surface area contributed by atoms with Crippen LogP contribution in [0.4, 0.5) is 0 Å². The van der Waals surface area contributed by atoms with Crippen molar-refractivity contribution in [3.8, 4) is 39.1 Å². The van der Waals surface area contributed by atoms with Gasteiger partial charge in [0.2, 0.25) is 0 Å². The molecule has 0 N–H and O–H groups in total. The van der Waals surface area contributed by atoms with Gasteiger partial charge in [0.1, 0.15) is 11.2 Å². The molecular formula is C48H35NO. The van der Waals surface area contributed by atoms with E-state index in [1.54, 1.807) is 0 Å². The van der Waals surface area contributed by atoms with Gasteiger partial charge < -0.3 is 8.98 Å². The van der Waals surface area contributed by atoms with Crippen LogP contribution >= 0.6 is 0 Å². The van der Waals surface area contributed by atoms with Crippen molar-refractivity contribution < 1.29 is 4.42 Å². The van der Waals surface area contributed by atoms with Crippen molar-refractivity contribution in [2.75, 3.05) is 0 Å². The number of fused-ring (bicyclic) bond motifs is 13. The zero-order valence-corrected chi connectivity index (χ0v) is 28.6. The molecule has 2 aliphatic carbocycles. The molecule has 0 bridgehead atoms. The van der Waals surface area contributed by atoms with Crippen LogP contribution in [0.5, 0.6) is 0 Å². The monoisotopic (exact) mass is 641 g/mol. The zero-order valence-electron chi connectivity index (χ0n) is 28.6. The fraction of sp³-hybridized carbons (Fsp3) is 0.125. The van der Waals surface area contributed by atoms with Crippen LogP contribution in [0.1, 0.15) is 49.9 Å². The van der Waals surface area contributed by atoms with Crippen molar-refractivity contribution in [1.29, 1.82) is 0 Å². The first-order valence-electron chi connectivity index (χ1n) is 17.7. The maximum atomic E-state index is 6.55. The van der Waals surface area contributed by atoms with Gasteiger partial charge in [-0.1, -0.05) is 119 Å². The first-order valence-corrected chi connectivity index (χ1v) is 17.7. The molecule has 0 spiro atoms. The number of furan rings is 1. The lowest BCUT2D eigenvalue weighted by atomic mass is 9.81. The third-order valence-electron chi connectivity index (χ3n) is 12.0. The second-order valence-corrected chi connectivity index (χ2v) is 15.3. The van der Waals surface area contributed by atoms with E-state index in [4.69, 9.17) is 4.42 Å². The first kappa shape index (κ1) is 28.0. The first-order chi connectivity index (χ1) is 24.3. The SMILES string of the molecule is CC1(C)c2ccccc2-c2cc3c4cc(-c5ccc6c(c5)C(C)(C)c5ccc7c(oc8ccccc87)c5-6)ccc4n(-c4ccccc4)c3cc21. The Morgan fingerprint density at radius 1 is 0.440 bits per heavy atom. The Kier molecular flexibility index (Phi) is 5.28. The Morgan fingerprint density at radius 3 is 2.02 bits per heavy atom. The van der Waals surface area contributed by atoms with Gasteiger partial charge in [0.15, 0.2) is 0 Å². The van der Waals surface area contributed by atoms with E-state index in [-0.39, 0.29) is 10.8 Å². The summed E-state index contributed by atoms with van der Waals surface area (Å²) in [7, 11) is 0. The van der Waals surface area contributed by atoms with Crippen molar-refractivity contribution in [3.63, 3.8) is 0 Å². The molecule has 0 fully saturated rings. The lowest BCUT2D eigenvalue weighted by Gasteiger charge is -2.22. The quantitative estimate of drug-likeness (QED) is 0.184. The second kappa shape index (κ2) is 9.43. The summed E-state index contributed by atoms with van der Waals surface area (Å²) >= 11 is 0. The lowest BCUT2D eigenvalue weighted by molar-refractivity contribution is 0.653. The van der Waals surface area contributed by atoms with Gasteiger partial charge in [0, 0.05) is 43.6 Å². The molecule has 238 valence electrons. The molecule has 2 heteroatoms. The summed E-state index contributed by atoms with van der Waals surface area (Å²) in [6.45, 7) is 9.44. The minimum Gasteiger partial charge on any atom is -0.455 e. The predicted molar refractivity (Wildman–Crippen MR) is 209 cm³/mol. The fourth-order valence-corrected chi connectivity index (χ4v) is 9.43. The van der Waals surface area contributed by atoms with Crippen molar-refractivity contribution in [3.05, 3.63) is 162 Å². The molecule has 0 radical (unpaired) electrons. The molecule has 2 nitrogen and oxygen atoms in total. The maximum absolute atomic E-state index is 6.55. The minimum absolute atomic E-state index is 0.0635. The van der Waals surface area contributed by atoms with E-state index in [0.29, 0.717) is 0 Å². The standard InChI is InChI=1S/C48H35NO/c1-47(2)38-16-10-8-14-31(38)35-26-37-36-24-28(19-23-42(36)49(43(37)27-41(35)47)30-12-6-5-7-13-30)29-18-20-34-40(25-29)48(3,4)39-22-21-33-32-15-9-11-17-44(32)50-46(33)45(34)39/h5-27H,1-4H3. The molecule has 50 heavy (non-hydrogen) atoms. The van der Waals surface area contributed by atoms with Crippen LogP contribution in [-0.4, -0.2) is 4.57 Å². The Morgan fingerprint density at radius 2 is 1.14 bits per heavy atom. The molecule has 0 aliphatic heterocycles. The maximum Gasteiger partial charge on any atom is 0.143 e. The van der Waals surface area contributed by atoms with Gasteiger partial charge in [-0.15, -0.1) is 0 Å². The topological polar surface area (TPSA) is 18.1 Å². The largest absolute Gasteiger partial charge is 0.455 e. The van der Waals surface area contributed by atoms with Crippen molar-refractivity contribution in [1.82, 2.24) is 4.57 Å². The fourth-order valence-electron chi connectivity index (χ4n) is 9.43. The predicted octanol–water partition coefficient (Wildman–Crippen LogP) is 13.0.